The minimum Gasteiger partial charge on any atom is -0.325 e. The van der Waals surface area contributed by atoms with Crippen LogP contribution in [0.2, 0.25) is 0 Å². The first-order valence-corrected chi connectivity index (χ1v) is 8.42. The summed E-state index contributed by atoms with van der Waals surface area (Å²) in [5.74, 6) is 1.89. The number of nitrogens with zero attached hydrogens (tertiary/aromatic N) is 2. The molecule has 2 aliphatic carbocycles. The summed E-state index contributed by atoms with van der Waals surface area (Å²) in [6.07, 6.45) is 12.2. The van der Waals surface area contributed by atoms with E-state index in [1.807, 2.05) is 0 Å². The minimum absolute atomic E-state index is 0.000142. The lowest BCUT2D eigenvalue weighted by molar-refractivity contribution is 0.203. The third-order valence-corrected chi connectivity index (χ3v) is 5.45. The number of hydrogen-bond donors (Lipinski definition) is 1. The second-order valence-corrected chi connectivity index (χ2v) is 7.28. The van der Waals surface area contributed by atoms with Crippen molar-refractivity contribution in [2.24, 2.45) is 17.6 Å². The van der Waals surface area contributed by atoms with E-state index in [2.05, 4.69) is 30.8 Å². The van der Waals surface area contributed by atoms with Crippen LogP contribution in [-0.2, 0) is 6.42 Å². The van der Waals surface area contributed by atoms with Gasteiger partial charge in [0.1, 0.15) is 0 Å². The molecule has 2 saturated carbocycles. The molecule has 1 aromatic rings. The van der Waals surface area contributed by atoms with Crippen molar-refractivity contribution in [2.45, 2.75) is 76.8 Å². The summed E-state index contributed by atoms with van der Waals surface area (Å²) >= 11 is 0. The summed E-state index contributed by atoms with van der Waals surface area (Å²) in [6.45, 7) is 4.43. The standard InChI is InChI=1S/C17H29N3/c1-3-13(2)20-10-8-16(19-20)12-17(18)9-4-5-15(11-17)14-6-7-14/h8,10,13-15H,3-7,9,11-12,18H2,1-2H3. The van der Waals surface area contributed by atoms with Crippen molar-refractivity contribution in [3.8, 4) is 0 Å². The highest BCUT2D eigenvalue weighted by atomic mass is 15.3. The van der Waals surface area contributed by atoms with Crippen molar-refractivity contribution in [1.82, 2.24) is 9.78 Å². The van der Waals surface area contributed by atoms with Crippen LogP contribution in [0.25, 0.3) is 0 Å². The Hall–Kier alpha value is -0.830. The molecule has 3 heteroatoms. The Kier molecular flexibility index (Phi) is 3.89. The van der Waals surface area contributed by atoms with E-state index in [9.17, 15) is 0 Å². The molecule has 3 rings (SSSR count). The van der Waals surface area contributed by atoms with Crippen molar-refractivity contribution in [3.05, 3.63) is 18.0 Å². The summed E-state index contributed by atoms with van der Waals surface area (Å²) in [5, 5.41) is 4.74. The number of nitrogens with two attached hydrogens (primary N) is 1. The molecule has 20 heavy (non-hydrogen) atoms. The first kappa shape index (κ1) is 14.1. The van der Waals surface area contributed by atoms with Gasteiger partial charge in [-0.1, -0.05) is 19.8 Å². The molecular weight excluding hydrogens is 246 g/mol. The van der Waals surface area contributed by atoms with E-state index in [1.165, 1.54) is 44.2 Å². The van der Waals surface area contributed by atoms with Crippen molar-refractivity contribution in [3.63, 3.8) is 0 Å². The van der Waals surface area contributed by atoms with Crippen LogP contribution < -0.4 is 5.73 Å². The van der Waals surface area contributed by atoms with Crippen LogP contribution >= 0.6 is 0 Å². The van der Waals surface area contributed by atoms with E-state index in [4.69, 9.17) is 10.8 Å². The smallest absolute Gasteiger partial charge is 0.0643 e. The van der Waals surface area contributed by atoms with Gasteiger partial charge in [-0.25, -0.2) is 0 Å². The van der Waals surface area contributed by atoms with Crippen LogP contribution in [0.4, 0.5) is 0 Å². The topological polar surface area (TPSA) is 43.8 Å². The number of rotatable bonds is 5. The van der Waals surface area contributed by atoms with Gasteiger partial charge in [0.05, 0.1) is 5.69 Å². The predicted molar refractivity (Wildman–Crippen MR) is 82.5 cm³/mol. The largest absolute Gasteiger partial charge is 0.325 e. The maximum absolute atomic E-state index is 6.72. The Morgan fingerprint density at radius 1 is 1.40 bits per heavy atom. The van der Waals surface area contributed by atoms with Gasteiger partial charge in [-0.05, 0) is 56.9 Å². The summed E-state index contributed by atoms with van der Waals surface area (Å²) in [5.41, 5.74) is 7.90. The molecule has 0 aromatic carbocycles. The molecule has 112 valence electrons. The molecule has 2 aliphatic rings. The maximum atomic E-state index is 6.72. The van der Waals surface area contributed by atoms with Gasteiger partial charge < -0.3 is 5.73 Å². The first-order chi connectivity index (χ1) is 9.59. The van der Waals surface area contributed by atoms with E-state index in [0.717, 1.165) is 24.7 Å². The maximum Gasteiger partial charge on any atom is 0.0643 e. The predicted octanol–water partition coefficient (Wildman–Crippen LogP) is 3.69. The van der Waals surface area contributed by atoms with Crippen LogP contribution in [0.1, 0.15) is 70.5 Å². The van der Waals surface area contributed by atoms with Crippen LogP contribution in [-0.4, -0.2) is 15.3 Å². The van der Waals surface area contributed by atoms with Crippen LogP contribution in [0.15, 0.2) is 12.3 Å². The van der Waals surface area contributed by atoms with Crippen molar-refractivity contribution in [2.75, 3.05) is 0 Å². The van der Waals surface area contributed by atoms with Crippen LogP contribution in [0.5, 0.6) is 0 Å². The van der Waals surface area contributed by atoms with E-state index < -0.39 is 0 Å². The highest BCUT2D eigenvalue weighted by Crippen LogP contribution is 2.46. The third-order valence-electron chi connectivity index (χ3n) is 5.45. The Labute approximate surface area is 122 Å². The number of hydrogen-bond acceptors (Lipinski definition) is 2. The molecular formula is C17H29N3. The fraction of sp³-hybridized carbons (Fsp3) is 0.824. The second-order valence-electron chi connectivity index (χ2n) is 7.28. The highest BCUT2D eigenvalue weighted by Gasteiger charge is 2.40. The molecule has 0 spiro atoms. The van der Waals surface area contributed by atoms with Gasteiger partial charge in [0, 0.05) is 24.2 Å². The Bertz CT molecular complexity index is 449. The third kappa shape index (κ3) is 3.08. The molecule has 3 nitrogen and oxygen atoms in total. The van der Waals surface area contributed by atoms with Crippen molar-refractivity contribution < 1.29 is 0 Å². The molecule has 0 saturated heterocycles. The lowest BCUT2D eigenvalue weighted by Crippen LogP contribution is -2.46. The van der Waals surface area contributed by atoms with E-state index in [-0.39, 0.29) is 5.54 Å². The fourth-order valence-electron chi connectivity index (χ4n) is 3.84. The quantitative estimate of drug-likeness (QED) is 0.890. The SMILES string of the molecule is CCC(C)n1ccc(CC2(N)CCCC(C3CC3)C2)n1. The number of aromatic nitrogens is 2. The molecule has 1 heterocycles. The zero-order valence-corrected chi connectivity index (χ0v) is 13.0. The summed E-state index contributed by atoms with van der Waals surface area (Å²) < 4.78 is 2.10. The minimum atomic E-state index is 0.000142. The summed E-state index contributed by atoms with van der Waals surface area (Å²) in [7, 11) is 0. The average molecular weight is 275 g/mol. The van der Waals surface area contributed by atoms with Gasteiger partial charge in [0.15, 0.2) is 0 Å². The van der Waals surface area contributed by atoms with Crippen molar-refractivity contribution in [1.29, 1.82) is 0 Å². The van der Waals surface area contributed by atoms with E-state index in [0.29, 0.717) is 6.04 Å². The molecule has 0 radical (unpaired) electrons. The summed E-state index contributed by atoms with van der Waals surface area (Å²) in [6, 6.07) is 2.66. The molecule has 0 aliphatic heterocycles. The molecule has 2 N–H and O–H groups in total. The lowest BCUT2D eigenvalue weighted by atomic mass is 9.72. The van der Waals surface area contributed by atoms with E-state index >= 15 is 0 Å². The lowest BCUT2D eigenvalue weighted by Gasteiger charge is -2.38. The fourth-order valence-corrected chi connectivity index (χ4v) is 3.84. The van der Waals surface area contributed by atoms with Crippen LogP contribution in [0.3, 0.4) is 0 Å². The second kappa shape index (κ2) is 5.51. The Morgan fingerprint density at radius 2 is 2.20 bits per heavy atom. The van der Waals surface area contributed by atoms with Gasteiger partial charge in [-0.3, -0.25) is 4.68 Å². The van der Waals surface area contributed by atoms with Crippen LogP contribution in [0, 0.1) is 11.8 Å². The Balaban J connectivity index is 1.64. The molecule has 3 unspecified atom stereocenters. The monoisotopic (exact) mass is 275 g/mol. The molecule has 2 fully saturated rings. The first-order valence-electron chi connectivity index (χ1n) is 8.42. The zero-order valence-electron chi connectivity index (χ0n) is 13.0. The molecule has 0 amide bonds. The normalized spacial score (nSPS) is 32.2. The highest BCUT2D eigenvalue weighted by molar-refractivity contribution is 5.08. The van der Waals surface area contributed by atoms with Gasteiger partial charge in [-0.2, -0.15) is 5.10 Å². The van der Waals surface area contributed by atoms with Gasteiger partial charge in [0.2, 0.25) is 0 Å². The van der Waals surface area contributed by atoms with Crippen molar-refractivity contribution >= 4 is 0 Å². The Morgan fingerprint density at radius 3 is 2.90 bits per heavy atom. The zero-order chi connectivity index (χ0) is 14.2. The van der Waals surface area contributed by atoms with E-state index in [1.54, 1.807) is 0 Å². The molecule has 0 bridgehead atoms. The summed E-state index contributed by atoms with van der Waals surface area (Å²) in [4.78, 5) is 0. The molecule has 1 aromatic heterocycles. The molecule has 3 atom stereocenters. The van der Waals surface area contributed by atoms with Gasteiger partial charge in [-0.15, -0.1) is 0 Å². The van der Waals surface area contributed by atoms with Gasteiger partial charge in [0.25, 0.3) is 0 Å². The van der Waals surface area contributed by atoms with Gasteiger partial charge >= 0.3 is 0 Å². The average Bonchev–Trinajstić information content (AvgIpc) is 3.19.